The van der Waals surface area contributed by atoms with Gasteiger partial charge in [0.2, 0.25) is 5.89 Å². The van der Waals surface area contributed by atoms with E-state index >= 15 is 0 Å². The normalized spacial score (nSPS) is 15.2. The molecule has 1 aromatic carbocycles. The van der Waals surface area contributed by atoms with Gasteiger partial charge in [-0.2, -0.15) is 10.1 Å². The highest BCUT2D eigenvalue weighted by molar-refractivity contribution is 7.79. The maximum Gasteiger partial charge on any atom is 0.274 e. The summed E-state index contributed by atoms with van der Waals surface area (Å²) >= 11 is -2.21. The molecule has 0 spiro atoms. The van der Waals surface area contributed by atoms with Crippen LogP contribution in [0.1, 0.15) is 41.6 Å². The fraction of sp³-hybridized carbons (Fsp3) is 0.429. The van der Waals surface area contributed by atoms with Gasteiger partial charge in [0.1, 0.15) is 6.54 Å². The van der Waals surface area contributed by atoms with Gasteiger partial charge in [-0.25, -0.2) is 4.21 Å². The zero-order chi connectivity index (χ0) is 22.7. The van der Waals surface area contributed by atoms with Gasteiger partial charge in [-0.15, -0.1) is 0 Å². The summed E-state index contributed by atoms with van der Waals surface area (Å²) in [5, 5.41) is 8.57. The molecule has 1 aliphatic rings. The number of carbonyl (C=O) groups is 1. The van der Waals surface area contributed by atoms with E-state index in [1.54, 1.807) is 33.8 Å². The van der Waals surface area contributed by atoms with E-state index < -0.39 is 11.1 Å². The second-order valence-electron chi connectivity index (χ2n) is 7.29. The molecule has 1 atom stereocenters. The maximum atomic E-state index is 13.3. The molecule has 1 N–H and O–H groups in total. The van der Waals surface area contributed by atoms with E-state index in [1.807, 2.05) is 13.8 Å². The molecular weight excluding hydrogens is 434 g/mol. The summed E-state index contributed by atoms with van der Waals surface area (Å²) in [6.07, 6.45) is 1.14. The number of carbonyl (C=O) groups excluding carboxylic acids is 1. The number of morpholine rings is 1. The Morgan fingerprint density at radius 3 is 2.59 bits per heavy atom. The second-order valence-corrected chi connectivity index (χ2v) is 8.23. The van der Waals surface area contributed by atoms with Crippen molar-refractivity contribution in [2.75, 3.05) is 26.3 Å². The Kier molecular flexibility index (Phi) is 6.77. The average Bonchev–Trinajstić information content (AvgIpc) is 3.43. The Bertz CT molecular complexity index is 1140. The van der Waals surface area contributed by atoms with Crippen LogP contribution in [0.2, 0.25) is 0 Å². The first-order valence-electron chi connectivity index (χ1n) is 10.5. The Hall–Kier alpha value is -2.89. The van der Waals surface area contributed by atoms with E-state index in [2.05, 4.69) is 15.2 Å². The fourth-order valence-electron chi connectivity index (χ4n) is 3.78. The number of benzene rings is 1. The van der Waals surface area contributed by atoms with Gasteiger partial charge in [0.05, 0.1) is 23.8 Å². The van der Waals surface area contributed by atoms with Gasteiger partial charge in [0, 0.05) is 30.6 Å². The van der Waals surface area contributed by atoms with E-state index in [0.717, 1.165) is 0 Å². The molecule has 0 saturated carbocycles. The fourth-order valence-corrected chi connectivity index (χ4v) is 4.33. The van der Waals surface area contributed by atoms with Crippen molar-refractivity contribution in [1.29, 1.82) is 0 Å². The smallest absolute Gasteiger partial charge is 0.274 e. The summed E-state index contributed by atoms with van der Waals surface area (Å²) in [4.78, 5) is 19.7. The summed E-state index contributed by atoms with van der Waals surface area (Å²) in [6.45, 7) is 5.94. The monoisotopic (exact) mass is 459 g/mol. The number of hydrogen-bond donors (Lipinski definition) is 1. The van der Waals surface area contributed by atoms with Crippen LogP contribution in [-0.4, -0.2) is 65.8 Å². The highest BCUT2D eigenvalue weighted by Gasteiger charge is 2.29. The highest BCUT2D eigenvalue weighted by Crippen LogP contribution is 2.32. The van der Waals surface area contributed by atoms with Gasteiger partial charge in [-0.05, 0) is 12.5 Å². The molecule has 0 aliphatic carbocycles. The van der Waals surface area contributed by atoms with Crippen LogP contribution in [-0.2, 0) is 35.2 Å². The quantitative estimate of drug-likeness (QED) is 0.533. The lowest BCUT2D eigenvalue weighted by Gasteiger charge is -2.26. The topological polar surface area (TPSA) is 124 Å². The molecule has 3 heterocycles. The van der Waals surface area contributed by atoms with Crippen LogP contribution < -0.4 is 0 Å². The van der Waals surface area contributed by atoms with Gasteiger partial charge in [-0.3, -0.25) is 9.48 Å². The molecule has 0 radical (unpaired) electrons. The summed E-state index contributed by atoms with van der Waals surface area (Å²) in [5.74, 6) is 0.736. The van der Waals surface area contributed by atoms with E-state index in [-0.39, 0.29) is 17.3 Å². The van der Waals surface area contributed by atoms with Crippen LogP contribution in [0.25, 0.3) is 11.3 Å². The van der Waals surface area contributed by atoms with Gasteiger partial charge in [-0.1, -0.05) is 37.2 Å². The molecule has 3 aromatic rings. The number of amides is 1. The molecule has 1 fully saturated rings. The van der Waals surface area contributed by atoms with Crippen LogP contribution in [0.15, 0.2) is 33.7 Å². The number of aryl methyl sites for hydroxylation is 1. The van der Waals surface area contributed by atoms with Crippen LogP contribution in [0.5, 0.6) is 0 Å². The predicted molar refractivity (Wildman–Crippen MR) is 116 cm³/mol. The van der Waals surface area contributed by atoms with Crippen molar-refractivity contribution in [2.24, 2.45) is 0 Å². The summed E-state index contributed by atoms with van der Waals surface area (Å²) in [7, 11) is 0. The molecule has 170 valence electrons. The first-order chi connectivity index (χ1) is 15.5. The number of hydrogen-bond acceptors (Lipinski definition) is 7. The molecule has 10 nitrogen and oxygen atoms in total. The van der Waals surface area contributed by atoms with Crippen molar-refractivity contribution in [1.82, 2.24) is 24.8 Å². The molecular formula is C21H25N5O5S. The summed E-state index contributed by atoms with van der Waals surface area (Å²) in [6, 6.07) is 6.83. The molecule has 11 heteroatoms. The summed E-state index contributed by atoms with van der Waals surface area (Å²) in [5.41, 5.74) is 2.15. The molecule has 2 aromatic heterocycles. The summed E-state index contributed by atoms with van der Waals surface area (Å²) < 4.78 is 34.3. The maximum absolute atomic E-state index is 13.3. The van der Waals surface area contributed by atoms with Gasteiger partial charge >= 0.3 is 0 Å². The van der Waals surface area contributed by atoms with Crippen molar-refractivity contribution < 1.29 is 22.8 Å². The van der Waals surface area contributed by atoms with Gasteiger partial charge in [0.25, 0.3) is 5.91 Å². The Labute approximate surface area is 187 Å². The standard InChI is InChI=1S/C21H25N5O5S/c1-3-14-19(21(27)25-9-11-30-12-10-25)23-26(13-18-22-17(4-2)24-31-18)20(14)15-7-5-6-8-16(15)32(28)29/h5-8H,3-4,9-13H2,1-2H3,(H,28,29). The van der Waals surface area contributed by atoms with E-state index in [0.29, 0.717) is 73.4 Å². The molecule has 1 amide bonds. The average molecular weight is 460 g/mol. The molecule has 1 saturated heterocycles. The van der Waals surface area contributed by atoms with Crippen molar-refractivity contribution in [3.05, 3.63) is 47.2 Å². The first-order valence-corrected chi connectivity index (χ1v) is 11.6. The lowest BCUT2D eigenvalue weighted by Crippen LogP contribution is -2.41. The second kappa shape index (κ2) is 9.72. The minimum Gasteiger partial charge on any atom is -0.378 e. The van der Waals surface area contributed by atoms with E-state index in [9.17, 15) is 13.6 Å². The molecule has 4 rings (SSSR count). The number of rotatable bonds is 7. The van der Waals surface area contributed by atoms with Crippen molar-refractivity contribution in [2.45, 2.75) is 38.1 Å². The Morgan fingerprint density at radius 2 is 1.94 bits per heavy atom. The molecule has 32 heavy (non-hydrogen) atoms. The number of nitrogens with zero attached hydrogens (tertiary/aromatic N) is 5. The zero-order valence-corrected chi connectivity index (χ0v) is 18.8. The highest BCUT2D eigenvalue weighted by atomic mass is 32.2. The SMILES string of the molecule is CCc1noc(Cn2nc(C(=O)N3CCOCC3)c(CC)c2-c2ccccc2S(=O)O)n1. The van der Waals surface area contributed by atoms with Crippen molar-refractivity contribution >= 4 is 17.0 Å². The molecule has 1 unspecified atom stereocenters. The van der Waals surface area contributed by atoms with Crippen molar-refractivity contribution in [3.8, 4) is 11.3 Å². The lowest BCUT2D eigenvalue weighted by atomic mass is 10.0. The largest absolute Gasteiger partial charge is 0.378 e. The van der Waals surface area contributed by atoms with Gasteiger partial charge < -0.3 is 18.7 Å². The van der Waals surface area contributed by atoms with Crippen LogP contribution in [0.4, 0.5) is 0 Å². The van der Waals surface area contributed by atoms with E-state index in [4.69, 9.17) is 9.26 Å². The Balaban J connectivity index is 1.86. The minimum atomic E-state index is -2.21. The molecule has 1 aliphatic heterocycles. The lowest BCUT2D eigenvalue weighted by molar-refractivity contribution is 0.0297. The third-order valence-electron chi connectivity index (χ3n) is 5.35. The molecule has 0 bridgehead atoms. The number of aromatic nitrogens is 4. The van der Waals surface area contributed by atoms with Crippen LogP contribution in [0.3, 0.4) is 0 Å². The third kappa shape index (κ3) is 4.36. The zero-order valence-electron chi connectivity index (χ0n) is 18.0. The van der Waals surface area contributed by atoms with Gasteiger partial charge in [0.15, 0.2) is 22.6 Å². The predicted octanol–water partition coefficient (Wildman–Crippen LogP) is 2.16. The van der Waals surface area contributed by atoms with Crippen LogP contribution >= 0.6 is 0 Å². The minimum absolute atomic E-state index is 0.137. The third-order valence-corrected chi connectivity index (χ3v) is 6.08. The first kappa shape index (κ1) is 22.3. The van der Waals surface area contributed by atoms with Crippen molar-refractivity contribution in [3.63, 3.8) is 0 Å². The Morgan fingerprint density at radius 1 is 1.19 bits per heavy atom. The van der Waals surface area contributed by atoms with E-state index in [1.165, 1.54) is 0 Å². The van der Waals surface area contributed by atoms with Crippen LogP contribution in [0, 0.1) is 0 Å². The number of ether oxygens (including phenoxy) is 1.